The van der Waals surface area contributed by atoms with Crippen molar-refractivity contribution in [2.75, 3.05) is 38.5 Å². The van der Waals surface area contributed by atoms with Crippen molar-refractivity contribution >= 4 is 23.2 Å². The smallest absolute Gasteiger partial charge is 0.255 e. The molecule has 1 heterocycles. The van der Waals surface area contributed by atoms with Gasteiger partial charge in [-0.3, -0.25) is 4.79 Å². The number of hydrogen-bond acceptors (Lipinski definition) is 1. The molecule has 2 aromatic rings. The van der Waals surface area contributed by atoms with Crippen molar-refractivity contribution in [3.05, 3.63) is 64.2 Å². The molecule has 0 unspecified atom stereocenters. The largest absolute Gasteiger partial charge is 0.328 e. The first-order chi connectivity index (χ1) is 12.0. The number of carbonyl (C=O) groups excluding carboxylic acids is 1. The van der Waals surface area contributed by atoms with Crippen LogP contribution in [0.15, 0.2) is 42.5 Å². The van der Waals surface area contributed by atoms with E-state index in [-0.39, 0.29) is 5.91 Å². The van der Waals surface area contributed by atoms with Gasteiger partial charge >= 0.3 is 0 Å². The number of aryl methyl sites for hydroxylation is 1. The fraction of sp³-hybridized carbons (Fsp3) is 0.350. The molecule has 0 saturated carbocycles. The zero-order valence-electron chi connectivity index (χ0n) is 14.9. The molecule has 2 aromatic carbocycles. The third kappa shape index (κ3) is 4.82. The van der Waals surface area contributed by atoms with Crippen LogP contribution >= 0.6 is 11.6 Å². The normalized spacial score (nSPS) is 20.3. The molecule has 1 amide bonds. The number of benzene rings is 2. The molecular formula is C20H26ClN3O+2. The number of quaternary nitrogens is 2. The fourth-order valence-corrected chi connectivity index (χ4v) is 3.31. The average Bonchev–Trinajstić information content (AvgIpc) is 2.61. The molecule has 0 spiro atoms. The second-order valence-electron chi connectivity index (χ2n) is 7.00. The molecule has 0 aromatic heterocycles. The summed E-state index contributed by atoms with van der Waals surface area (Å²) in [5.41, 5.74) is 3.68. The number of nitrogens with one attached hydrogen (secondary N) is 3. The molecule has 0 atom stereocenters. The molecule has 0 bridgehead atoms. The van der Waals surface area contributed by atoms with Crippen molar-refractivity contribution in [2.45, 2.75) is 13.5 Å². The molecule has 3 N–H and O–H groups in total. The van der Waals surface area contributed by atoms with Gasteiger partial charge in [0.05, 0.1) is 7.05 Å². The highest BCUT2D eigenvalue weighted by Gasteiger charge is 2.19. The molecule has 3 rings (SSSR count). The van der Waals surface area contributed by atoms with Crippen molar-refractivity contribution in [3.8, 4) is 0 Å². The third-order valence-electron chi connectivity index (χ3n) is 4.90. The number of amides is 1. The Kier molecular flexibility index (Phi) is 5.74. The van der Waals surface area contributed by atoms with E-state index in [1.54, 1.807) is 15.9 Å². The van der Waals surface area contributed by atoms with Crippen LogP contribution in [0, 0.1) is 6.92 Å². The van der Waals surface area contributed by atoms with Gasteiger partial charge in [-0.2, -0.15) is 0 Å². The standard InChI is InChI=1S/C20H24ClN3O/c1-15-13-18(7-8-19(15)21)22-20(25)17-5-3-16(4-6-17)14-24-11-9-23(2)10-12-24/h3-8,13H,9-12,14H2,1-2H3,(H,22,25)/p+2. The van der Waals surface area contributed by atoms with E-state index in [0.29, 0.717) is 10.6 Å². The minimum atomic E-state index is -0.0937. The van der Waals surface area contributed by atoms with Gasteiger partial charge in [0.2, 0.25) is 0 Å². The second-order valence-corrected chi connectivity index (χ2v) is 7.41. The predicted octanol–water partition coefficient (Wildman–Crippen LogP) is 0.814. The summed E-state index contributed by atoms with van der Waals surface area (Å²) in [6.07, 6.45) is 0. The van der Waals surface area contributed by atoms with Gasteiger partial charge in [-0.15, -0.1) is 0 Å². The summed E-state index contributed by atoms with van der Waals surface area (Å²) >= 11 is 6.02. The number of halogens is 1. The van der Waals surface area contributed by atoms with Crippen LogP contribution in [-0.4, -0.2) is 39.1 Å². The van der Waals surface area contributed by atoms with Crippen LogP contribution in [0.25, 0.3) is 0 Å². The van der Waals surface area contributed by atoms with Gasteiger partial charge in [-0.1, -0.05) is 23.7 Å². The van der Waals surface area contributed by atoms with Gasteiger partial charge in [-0.25, -0.2) is 0 Å². The maximum atomic E-state index is 12.4. The van der Waals surface area contributed by atoms with E-state index in [4.69, 9.17) is 11.6 Å². The van der Waals surface area contributed by atoms with E-state index >= 15 is 0 Å². The van der Waals surface area contributed by atoms with Gasteiger partial charge in [0, 0.05) is 21.8 Å². The monoisotopic (exact) mass is 359 g/mol. The number of carbonyl (C=O) groups is 1. The van der Waals surface area contributed by atoms with E-state index in [0.717, 1.165) is 17.8 Å². The summed E-state index contributed by atoms with van der Waals surface area (Å²) < 4.78 is 0. The number of likely N-dealkylation sites (N-methyl/N-ethyl adjacent to an activating group) is 1. The Morgan fingerprint density at radius 1 is 1.08 bits per heavy atom. The van der Waals surface area contributed by atoms with Crippen molar-refractivity contribution in [1.82, 2.24) is 0 Å². The maximum Gasteiger partial charge on any atom is 0.255 e. The van der Waals surface area contributed by atoms with E-state index in [9.17, 15) is 4.79 Å². The molecule has 0 aliphatic carbocycles. The molecule has 4 nitrogen and oxygen atoms in total. The van der Waals surface area contributed by atoms with Crippen molar-refractivity contribution in [1.29, 1.82) is 0 Å². The van der Waals surface area contributed by atoms with Crippen molar-refractivity contribution in [3.63, 3.8) is 0 Å². The first-order valence-electron chi connectivity index (χ1n) is 8.82. The lowest BCUT2D eigenvalue weighted by Crippen LogP contribution is -3.26. The third-order valence-corrected chi connectivity index (χ3v) is 5.32. The minimum absolute atomic E-state index is 0.0937. The van der Waals surface area contributed by atoms with Gasteiger partial charge in [-0.05, 0) is 42.8 Å². The minimum Gasteiger partial charge on any atom is -0.328 e. The van der Waals surface area contributed by atoms with Gasteiger partial charge in [0.25, 0.3) is 5.91 Å². The Morgan fingerprint density at radius 3 is 2.40 bits per heavy atom. The van der Waals surface area contributed by atoms with E-state index in [2.05, 4.69) is 24.5 Å². The number of hydrogen-bond donors (Lipinski definition) is 3. The maximum absolute atomic E-state index is 12.4. The number of rotatable bonds is 4. The quantitative estimate of drug-likeness (QED) is 0.742. The van der Waals surface area contributed by atoms with Crippen molar-refractivity contribution < 1.29 is 14.6 Å². The van der Waals surface area contributed by atoms with E-state index in [1.165, 1.54) is 31.7 Å². The van der Waals surface area contributed by atoms with Crippen molar-refractivity contribution in [2.24, 2.45) is 0 Å². The Balaban J connectivity index is 1.59. The Morgan fingerprint density at radius 2 is 1.76 bits per heavy atom. The Bertz CT molecular complexity index is 737. The molecule has 132 valence electrons. The lowest BCUT2D eigenvalue weighted by atomic mass is 10.1. The summed E-state index contributed by atoms with van der Waals surface area (Å²) in [4.78, 5) is 15.6. The predicted molar refractivity (Wildman–Crippen MR) is 102 cm³/mol. The first-order valence-corrected chi connectivity index (χ1v) is 9.20. The highest BCUT2D eigenvalue weighted by molar-refractivity contribution is 6.31. The molecular weight excluding hydrogens is 334 g/mol. The van der Waals surface area contributed by atoms with Crippen LogP contribution in [-0.2, 0) is 6.54 Å². The molecule has 0 radical (unpaired) electrons. The van der Waals surface area contributed by atoms with Crippen LogP contribution in [0.2, 0.25) is 5.02 Å². The summed E-state index contributed by atoms with van der Waals surface area (Å²) in [5.74, 6) is -0.0937. The lowest BCUT2D eigenvalue weighted by molar-refractivity contribution is -1.01. The second kappa shape index (κ2) is 8.00. The van der Waals surface area contributed by atoms with Crippen LogP contribution in [0.3, 0.4) is 0 Å². The van der Waals surface area contributed by atoms with E-state index < -0.39 is 0 Å². The molecule has 5 heteroatoms. The zero-order valence-corrected chi connectivity index (χ0v) is 15.6. The molecule has 25 heavy (non-hydrogen) atoms. The van der Waals surface area contributed by atoms with E-state index in [1.807, 2.05) is 31.2 Å². The average molecular weight is 360 g/mol. The Labute approximate surface area is 154 Å². The molecule has 1 aliphatic rings. The molecule has 1 aliphatic heterocycles. The summed E-state index contributed by atoms with van der Waals surface area (Å²) in [6, 6.07) is 13.5. The lowest BCUT2D eigenvalue weighted by Gasteiger charge is -2.27. The molecule has 1 fully saturated rings. The molecule has 1 saturated heterocycles. The van der Waals surface area contributed by atoms with Crippen LogP contribution in [0.1, 0.15) is 21.5 Å². The van der Waals surface area contributed by atoms with Gasteiger partial charge < -0.3 is 15.1 Å². The summed E-state index contributed by atoms with van der Waals surface area (Å²) in [6.45, 7) is 7.85. The summed E-state index contributed by atoms with van der Waals surface area (Å²) in [7, 11) is 2.26. The van der Waals surface area contributed by atoms with Gasteiger partial charge in [0.1, 0.15) is 32.7 Å². The SMILES string of the molecule is Cc1cc(NC(=O)c2ccc(C[NH+]3CC[NH+](C)CC3)cc2)ccc1Cl. The highest BCUT2D eigenvalue weighted by atomic mass is 35.5. The number of piperazine rings is 1. The van der Waals surface area contributed by atoms with Crippen LogP contribution < -0.4 is 15.1 Å². The zero-order chi connectivity index (χ0) is 17.8. The summed E-state index contributed by atoms with van der Waals surface area (Å²) in [5, 5.41) is 3.63. The van der Waals surface area contributed by atoms with Crippen LogP contribution in [0.5, 0.6) is 0 Å². The van der Waals surface area contributed by atoms with Crippen LogP contribution in [0.4, 0.5) is 5.69 Å². The number of anilines is 1. The van der Waals surface area contributed by atoms with Gasteiger partial charge in [0.15, 0.2) is 0 Å². The Hall–Kier alpha value is -1.88. The highest BCUT2D eigenvalue weighted by Crippen LogP contribution is 2.20. The first kappa shape index (κ1) is 17.9. The topological polar surface area (TPSA) is 38.0 Å². The fourth-order valence-electron chi connectivity index (χ4n) is 3.20.